The van der Waals surface area contributed by atoms with Crippen LogP contribution in [0.3, 0.4) is 0 Å². The third kappa shape index (κ3) is 2.39. The smallest absolute Gasteiger partial charge is 0.199 e. The number of fused-ring (bicyclic) bond motifs is 1. The Morgan fingerprint density at radius 3 is 2.24 bits per heavy atom. The minimum Gasteiger partial charge on any atom is -0.494 e. The molecule has 0 spiro atoms. The Bertz CT molecular complexity index is 903. The molecule has 4 heteroatoms. The van der Waals surface area contributed by atoms with Gasteiger partial charge in [0.1, 0.15) is 0 Å². The molecule has 0 unspecified atom stereocenters. The monoisotopic (exact) mass is 397 g/mol. The second-order valence-corrected chi connectivity index (χ2v) is 7.55. The van der Waals surface area contributed by atoms with Crippen molar-refractivity contribution in [1.29, 1.82) is 0 Å². The normalized spacial score (nSPS) is 14.3. The lowest BCUT2D eigenvalue weighted by Gasteiger charge is -2.21. The molecule has 1 heterocycles. The molecule has 0 bridgehead atoms. The number of hydrogen-bond acceptors (Lipinski definition) is 2. The second-order valence-electron chi connectivity index (χ2n) is 6.63. The van der Waals surface area contributed by atoms with Crippen LogP contribution in [0.4, 0.5) is 0 Å². The van der Waals surface area contributed by atoms with E-state index in [-0.39, 0.29) is 17.2 Å². The standard InChI is InChI=1S/C21H20BrNO2/c1-2-11-21(15-9-6-10-16(22)12-15)17-18(21)20(25)23(19(17)24)13-14-7-4-3-5-8-14/h3-10,12,24-25H,2,11,13H2,1H3. The molecule has 0 saturated heterocycles. The van der Waals surface area contributed by atoms with Crippen molar-refractivity contribution in [3.05, 3.63) is 81.3 Å². The van der Waals surface area contributed by atoms with Crippen LogP contribution >= 0.6 is 15.9 Å². The Kier molecular flexibility index (Phi) is 3.88. The Hall–Kier alpha value is -2.20. The van der Waals surface area contributed by atoms with Crippen LogP contribution in [0.5, 0.6) is 11.8 Å². The molecule has 25 heavy (non-hydrogen) atoms. The number of nitrogens with zero attached hydrogens (tertiary/aromatic N) is 1. The molecule has 0 amide bonds. The van der Waals surface area contributed by atoms with Crippen molar-refractivity contribution < 1.29 is 10.2 Å². The molecule has 0 aliphatic heterocycles. The van der Waals surface area contributed by atoms with E-state index in [0.717, 1.165) is 39.6 Å². The maximum atomic E-state index is 10.8. The number of benzene rings is 2. The molecule has 4 rings (SSSR count). The third-order valence-electron chi connectivity index (χ3n) is 5.13. The summed E-state index contributed by atoms with van der Waals surface area (Å²) < 4.78 is 2.61. The predicted molar refractivity (Wildman–Crippen MR) is 102 cm³/mol. The molecule has 0 atom stereocenters. The number of aromatic nitrogens is 1. The fourth-order valence-corrected chi connectivity index (χ4v) is 4.42. The van der Waals surface area contributed by atoms with E-state index in [1.165, 1.54) is 0 Å². The molecule has 1 aromatic heterocycles. The van der Waals surface area contributed by atoms with E-state index in [1.54, 1.807) is 4.57 Å². The number of hydrogen-bond donors (Lipinski definition) is 2. The highest BCUT2D eigenvalue weighted by atomic mass is 79.9. The minimum absolute atomic E-state index is 0.185. The van der Waals surface area contributed by atoms with Gasteiger partial charge in [-0.25, -0.2) is 0 Å². The number of aromatic hydroxyl groups is 2. The van der Waals surface area contributed by atoms with Gasteiger partial charge in [-0.05, 0) is 29.7 Å². The lowest BCUT2D eigenvalue weighted by atomic mass is 9.86. The van der Waals surface area contributed by atoms with Crippen LogP contribution < -0.4 is 0 Å². The summed E-state index contributed by atoms with van der Waals surface area (Å²) in [4.78, 5) is 0. The molecule has 2 N–H and O–H groups in total. The van der Waals surface area contributed by atoms with Crippen molar-refractivity contribution in [3.8, 4) is 11.8 Å². The van der Waals surface area contributed by atoms with Crippen LogP contribution in [0.1, 0.15) is 42.0 Å². The summed E-state index contributed by atoms with van der Waals surface area (Å²) in [5.74, 6) is 0.370. The maximum absolute atomic E-state index is 10.8. The Morgan fingerprint density at radius 1 is 0.960 bits per heavy atom. The number of rotatable bonds is 5. The summed E-state index contributed by atoms with van der Waals surface area (Å²) in [7, 11) is 0. The van der Waals surface area contributed by atoms with E-state index in [0.29, 0.717) is 6.54 Å². The molecule has 1 aliphatic carbocycles. The zero-order valence-corrected chi connectivity index (χ0v) is 15.6. The molecule has 3 aromatic rings. The van der Waals surface area contributed by atoms with Gasteiger partial charge in [0.15, 0.2) is 11.8 Å². The van der Waals surface area contributed by atoms with Gasteiger partial charge in [0.2, 0.25) is 0 Å². The summed E-state index contributed by atoms with van der Waals surface area (Å²) in [6.45, 7) is 2.59. The highest BCUT2D eigenvalue weighted by Crippen LogP contribution is 2.66. The van der Waals surface area contributed by atoms with Crippen LogP contribution in [-0.4, -0.2) is 14.8 Å². The van der Waals surface area contributed by atoms with Crippen LogP contribution in [0.25, 0.3) is 0 Å². The summed E-state index contributed by atoms with van der Waals surface area (Å²) >= 11 is 3.53. The van der Waals surface area contributed by atoms with Gasteiger partial charge in [-0.3, -0.25) is 4.57 Å². The van der Waals surface area contributed by atoms with Gasteiger partial charge in [0, 0.05) is 15.6 Å². The summed E-state index contributed by atoms with van der Waals surface area (Å²) in [6, 6.07) is 18.0. The zero-order chi connectivity index (χ0) is 17.6. The molecule has 1 aliphatic rings. The quantitative estimate of drug-likeness (QED) is 0.624. The first-order valence-electron chi connectivity index (χ1n) is 8.55. The predicted octanol–water partition coefficient (Wildman–Crippen LogP) is 5.16. The van der Waals surface area contributed by atoms with Gasteiger partial charge in [0.05, 0.1) is 12.0 Å². The highest BCUT2D eigenvalue weighted by molar-refractivity contribution is 9.10. The minimum atomic E-state index is -0.347. The lowest BCUT2D eigenvalue weighted by Crippen LogP contribution is -2.14. The first kappa shape index (κ1) is 16.3. The molecule has 128 valence electrons. The molecule has 0 saturated carbocycles. The van der Waals surface area contributed by atoms with Crippen LogP contribution in [0.2, 0.25) is 0 Å². The topological polar surface area (TPSA) is 45.4 Å². The average Bonchev–Trinajstić information content (AvgIpc) is 3.22. The largest absolute Gasteiger partial charge is 0.494 e. The van der Waals surface area contributed by atoms with Crippen molar-refractivity contribution in [2.24, 2.45) is 0 Å². The fourth-order valence-electron chi connectivity index (χ4n) is 4.02. The van der Waals surface area contributed by atoms with E-state index in [2.05, 4.69) is 35.0 Å². The molecule has 0 radical (unpaired) electrons. The van der Waals surface area contributed by atoms with E-state index in [9.17, 15) is 10.2 Å². The summed E-state index contributed by atoms with van der Waals surface area (Å²) in [5.41, 5.74) is 3.57. The van der Waals surface area contributed by atoms with Crippen LogP contribution in [-0.2, 0) is 12.0 Å². The molecular formula is C21H20BrNO2. The van der Waals surface area contributed by atoms with Crippen LogP contribution in [0, 0.1) is 0 Å². The molecule has 2 aromatic carbocycles. The summed E-state index contributed by atoms with van der Waals surface area (Å²) in [6.07, 6.45) is 1.85. The van der Waals surface area contributed by atoms with Crippen molar-refractivity contribution in [2.45, 2.75) is 31.7 Å². The van der Waals surface area contributed by atoms with Gasteiger partial charge >= 0.3 is 0 Å². The first-order valence-corrected chi connectivity index (χ1v) is 9.34. The van der Waals surface area contributed by atoms with Crippen LogP contribution in [0.15, 0.2) is 59.1 Å². The van der Waals surface area contributed by atoms with E-state index in [4.69, 9.17) is 0 Å². The van der Waals surface area contributed by atoms with E-state index < -0.39 is 0 Å². The fraction of sp³-hybridized carbons (Fsp3) is 0.238. The highest BCUT2D eigenvalue weighted by Gasteiger charge is 2.59. The molecule has 0 fully saturated rings. The SMILES string of the molecule is CCCC1(c2cccc(Br)c2)c2c1c(O)n(Cc1ccccc1)c2O. The van der Waals surface area contributed by atoms with E-state index >= 15 is 0 Å². The average molecular weight is 398 g/mol. The van der Waals surface area contributed by atoms with Crippen molar-refractivity contribution >= 4 is 15.9 Å². The number of halogens is 1. The van der Waals surface area contributed by atoms with Gasteiger partial charge in [-0.2, -0.15) is 0 Å². The Morgan fingerprint density at radius 2 is 1.64 bits per heavy atom. The van der Waals surface area contributed by atoms with E-state index in [1.807, 2.05) is 42.5 Å². The Labute approximate surface area is 155 Å². The van der Waals surface area contributed by atoms with Gasteiger partial charge in [-0.1, -0.05) is 71.7 Å². The summed E-state index contributed by atoms with van der Waals surface area (Å²) in [5, 5.41) is 21.6. The van der Waals surface area contributed by atoms with Gasteiger partial charge in [0.25, 0.3) is 0 Å². The molecule has 3 nitrogen and oxygen atoms in total. The maximum Gasteiger partial charge on any atom is 0.199 e. The lowest BCUT2D eigenvalue weighted by molar-refractivity contribution is 0.361. The van der Waals surface area contributed by atoms with Crippen molar-refractivity contribution in [2.75, 3.05) is 0 Å². The Balaban J connectivity index is 1.77. The van der Waals surface area contributed by atoms with Gasteiger partial charge in [-0.15, -0.1) is 0 Å². The zero-order valence-electron chi connectivity index (χ0n) is 14.0. The van der Waals surface area contributed by atoms with Gasteiger partial charge < -0.3 is 10.2 Å². The first-order chi connectivity index (χ1) is 12.1. The third-order valence-corrected chi connectivity index (χ3v) is 5.62. The second kappa shape index (κ2) is 5.95. The van der Waals surface area contributed by atoms with Crippen molar-refractivity contribution in [1.82, 2.24) is 4.57 Å². The van der Waals surface area contributed by atoms with Crippen molar-refractivity contribution in [3.63, 3.8) is 0 Å². The molecular weight excluding hydrogens is 378 g/mol.